The molecule has 1 aromatic heterocycles. The van der Waals surface area contributed by atoms with Gasteiger partial charge in [-0.15, -0.1) is 11.3 Å². The first-order valence-corrected chi connectivity index (χ1v) is 9.86. The van der Waals surface area contributed by atoms with Crippen molar-refractivity contribution in [1.82, 2.24) is 4.68 Å². The first-order chi connectivity index (χ1) is 13.3. The van der Waals surface area contributed by atoms with Crippen LogP contribution in [-0.4, -0.2) is 27.6 Å². The number of hydrogen-bond acceptors (Lipinski definition) is 5. The molecule has 2 aromatic carbocycles. The average molecular weight is 434 g/mol. The van der Waals surface area contributed by atoms with Crippen molar-refractivity contribution < 1.29 is 10.2 Å². The van der Waals surface area contributed by atoms with Gasteiger partial charge in [0.15, 0.2) is 11.5 Å². The minimum Gasteiger partial charge on any atom is -0.504 e. The second kappa shape index (κ2) is 8.65. The first-order valence-electron chi connectivity index (χ1n) is 8.22. The molecule has 3 aromatic rings. The summed E-state index contributed by atoms with van der Waals surface area (Å²) in [5, 5.41) is 26.7. The van der Waals surface area contributed by atoms with Crippen LogP contribution in [0.3, 0.4) is 0 Å². The number of rotatable bonds is 5. The van der Waals surface area contributed by atoms with Gasteiger partial charge in [0, 0.05) is 16.0 Å². The fraction of sp³-hybridized carbons (Fsp3) is 0.100. The minimum absolute atomic E-state index is 0.191. The predicted molar refractivity (Wildman–Crippen MR) is 116 cm³/mol. The quantitative estimate of drug-likeness (QED) is 0.325. The lowest BCUT2D eigenvalue weighted by Gasteiger charge is -2.06. The third kappa shape index (κ3) is 4.65. The average Bonchev–Trinajstić information content (AvgIpc) is 3.05. The van der Waals surface area contributed by atoms with Crippen molar-refractivity contribution in [1.29, 1.82) is 0 Å². The van der Waals surface area contributed by atoms with E-state index in [1.54, 1.807) is 35.2 Å². The number of phenolic OH excluding ortho intramolecular Hbond substituents is 2. The van der Waals surface area contributed by atoms with E-state index in [2.05, 4.69) is 16.7 Å². The Kier molecular flexibility index (Phi) is 6.24. The van der Waals surface area contributed by atoms with Crippen LogP contribution in [0.2, 0.25) is 10.0 Å². The first kappa shape index (κ1) is 20.2. The van der Waals surface area contributed by atoms with E-state index in [0.29, 0.717) is 27.0 Å². The Morgan fingerprint density at radius 2 is 1.96 bits per heavy atom. The van der Waals surface area contributed by atoms with Gasteiger partial charge in [-0.2, -0.15) is 5.10 Å². The molecule has 1 heterocycles. The van der Waals surface area contributed by atoms with E-state index in [0.717, 1.165) is 16.8 Å². The summed E-state index contributed by atoms with van der Waals surface area (Å²) in [6, 6.07) is 9.68. The van der Waals surface area contributed by atoms with E-state index in [9.17, 15) is 10.2 Å². The van der Waals surface area contributed by atoms with E-state index in [1.807, 2.05) is 12.3 Å². The van der Waals surface area contributed by atoms with Crippen LogP contribution < -0.4 is 4.80 Å². The van der Waals surface area contributed by atoms with Gasteiger partial charge in [-0.3, -0.25) is 4.99 Å². The van der Waals surface area contributed by atoms with Gasteiger partial charge >= 0.3 is 0 Å². The Bertz CT molecular complexity index is 1130. The van der Waals surface area contributed by atoms with Gasteiger partial charge in [-0.1, -0.05) is 35.4 Å². The molecule has 28 heavy (non-hydrogen) atoms. The molecule has 0 fully saturated rings. The second-order valence-electron chi connectivity index (χ2n) is 6.11. The number of thiazole rings is 1. The van der Waals surface area contributed by atoms with E-state index in [-0.39, 0.29) is 11.5 Å². The molecule has 0 amide bonds. The predicted octanol–water partition coefficient (Wildman–Crippen LogP) is 5.29. The number of halogens is 2. The van der Waals surface area contributed by atoms with E-state index in [1.165, 1.54) is 23.5 Å². The zero-order chi connectivity index (χ0) is 20.3. The summed E-state index contributed by atoms with van der Waals surface area (Å²) >= 11 is 13.9. The highest BCUT2D eigenvalue weighted by atomic mass is 35.5. The third-order valence-corrected chi connectivity index (χ3v) is 5.11. The maximum atomic E-state index is 9.68. The Morgan fingerprint density at radius 1 is 1.18 bits per heavy atom. The fourth-order valence-electron chi connectivity index (χ4n) is 2.35. The number of aromatic nitrogens is 1. The van der Waals surface area contributed by atoms with Crippen molar-refractivity contribution in [2.24, 2.45) is 10.1 Å². The topological polar surface area (TPSA) is 70.1 Å². The van der Waals surface area contributed by atoms with E-state index >= 15 is 0 Å². The summed E-state index contributed by atoms with van der Waals surface area (Å²) in [7, 11) is 0. The van der Waals surface area contributed by atoms with Crippen molar-refractivity contribution in [3.05, 3.63) is 74.3 Å². The monoisotopic (exact) mass is 433 g/mol. The van der Waals surface area contributed by atoms with Crippen LogP contribution in [0.5, 0.6) is 11.5 Å². The van der Waals surface area contributed by atoms with Gasteiger partial charge in [0.2, 0.25) is 4.80 Å². The van der Waals surface area contributed by atoms with Gasteiger partial charge in [0.05, 0.1) is 23.5 Å². The third-order valence-electron chi connectivity index (χ3n) is 3.70. The van der Waals surface area contributed by atoms with Crippen LogP contribution >= 0.6 is 34.5 Å². The molecule has 0 radical (unpaired) electrons. The molecule has 0 bridgehead atoms. The van der Waals surface area contributed by atoms with Crippen molar-refractivity contribution in [2.75, 3.05) is 6.54 Å². The molecule has 0 saturated carbocycles. The number of hydrogen-bond donors (Lipinski definition) is 2. The molecule has 0 saturated heterocycles. The highest BCUT2D eigenvalue weighted by Gasteiger charge is 2.12. The molecule has 3 rings (SSSR count). The smallest absolute Gasteiger partial charge is 0.206 e. The summed E-state index contributed by atoms with van der Waals surface area (Å²) < 4.78 is 1.66. The molecule has 0 atom stereocenters. The Morgan fingerprint density at radius 3 is 2.68 bits per heavy atom. The van der Waals surface area contributed by atoms with Crippen LogP contribution in [0.1, 0.15) is 12.5 Å². The van der Waals surface area contributed by atoms with Gasteiger partial charge in [0.25, 0.3) is 0 Å². The van der Waals surface area contributed by atoms with Crippen molar-refractivity contribution in [3.8, 4) is 22.8 Å². The fourth-order valence-corrected chi connectivity index (χ4v) is 3.56. The molecule has 0 aliphatic rings. The standard InChI is InChI=1S/C20H17Cl2N3O2S/c1-12(2)9-23-20-25(24-10-13-3-6-18(26)19(27)7-13)17(11-28-20)15-8-14(21)4-5-16(15)22/h3-8,10-11,26-27H,1,9H2,2H3. The Hall–Kier alpha value is -2.54. The maximum Gasteiger partial charge on any atom is 0.206 e. The molecule has 8 heteroatoms. The molecular formula is C20H17Cl2N3O2S. The number of nitrogens with zero attached hydrogens (tertiary/aromatic N) is 3. The highest BCUT2D eigenvalue weighted by molar-refractivity contribution is 7.07. The van der Waals surface area contributed by atoms with E-state index in [4.69, 9.17) is 23.2 Å². The van der Waals surface area contributed by atoms with Crippen LogP contribution in [0.4, 0.5) is 0 Å². The number of aromatic hydroxyl groups is 2. The molecule has 0 aliphatic carbocycles. The van der Waals surface area contributed by atoms with Crippen LogP contribution in [0.25, 0.3) is 11.3 Å². The minimum atomic E-state index is -0.218. The highest BCUT2D eigenvalue weighted by Crippen LogP contribution is 2.31. The molecular weight excluding hydrogens is 417 g/mol. The summed E-state index contributed by atoms with van der Waals surface area (Å²) in [6.07, 6.45) is 1.56. The Labute approximate surface area is 176 Å². The number of benzene rings is 2. The summed E-state index contributed by atoms with van der Waals surface area (Å²) in [6.45, 7) is 6.25. The molecule has 0 unspecified atom stereocenters. The lowest BCUT2D eigenvalue weighted by Crippen LogP contribution is -2.13. The molecule has 2 N–H and O–H groups in total. The largest absolute Gasteiger partial charge is 0.504 e. The summed E-state index contributed by atoms with van der Waals surface area (Å²) in [5.74, 6) is -0.409. The van der Waals surface area contributed by atoms with Crippen LogP contribution in [0, 0.1) is 0 Å². The van der Waals surface area contributed by atoms with E-state index < -0.39 is 0 Å². The lowest BCUT2D eigenvalue weighted by molar-refractivity contribution is 0.403. The van der Waals surface area contributed by atoms with Gasteiger partial charge in [-0.25, -0.2) is 4.68 Å². The van der Waals surface area contributed by atoms with Crippen molar-refractivity contribution in [2.45, 2.75) is 6.92 Å². The Balaban J connectivity index is 2.13. The van der Waals surface area contributed by atoms with Crippen LogP contribution in [0.15, 0.2) is 64.0 Å². The second-order valence-corrected chi connectivity index (χ2v) is 7.79. The van der Waals surface area contributed by atoms with Gasteiger partial charge in [0.1, 0.15) is 0 Å². The van der Waals surface area contributed by atoms with Crippen LogP contribution in [-0.2, 0) is 0 Å². The van der Waals surface area contributed by atoms with Crippen molar-refractivity contribution >= 4 is 40.8 Å². The molecule has 0 spiro atoms. The molecule has 5 nitrogen and oxygen atoms in total. The van der Waals surface area contributed by atoms with Gasteiger partial charge in [-0.05, 0) is 48.9 Å². The maximum absolute atomic E-state index is 9.68. The van der Waals surface area contributed by atoms with Gasteiger partial charge < -0.3 is 10.2 Å². The summed E-state index contributed by atoms with van der Waals surface area (Å²) in [4.78, 5) is 5.21. The zero-order valence-electron chi connectivity index (χ0n) is 14.9. The lowest BCUT2D eigenvalue weighted by atomic mass is 10.2. The molecule has 0 aliphatic heterocycles. The zero-order valence-corrected chi connectivity index (χ0v) is 17.3. The summed E-state index contributed by atoms with van der Waals surface area (Å²) in [5.41, 5.74) is 3.00. The number of phenols is 2. The SMILES string of the molecule is C=C(C)CN=c1scc(-c2cc(Cl)ccc2Cl)n1N=Cc1ccc(O)c(O)c1. The molecule has 144 valence electrons. The normalized spacial score (nSPS) is 12.0. The van der Waals surface area contributed by atoms with Crippen molar-refractivity contribution in [3.63, 3.8) is 0 Å².